The van der Waals surface area contributed by atoms with E-state index in [1.165, 1.54) is 4.57 Å². The lowest BCUT2D eigenvalue weighted by Gasteiger charge is -2.16. The van der Waals surface area contributed by atoms with Gasteiger partial charge in [-0.3, -0.25) is 19.1 Å². The molecule has 122 valence electrons. The van der Waals surface area contributed by atoms with Crippen LogP contribution >= 0.6 is 11.6 Å². The maximum atomic E-state index is 13.0. The van der Waals surface area contributed by atoms with Gasteiger partial charge in [-0.15, -0.1) is 0 Å². The molecule has 6 heteroatoms. The zero-order valence-corrected chi connectivity index (χ0v) is 14.3. The summed E-state index contributed by atoms with van der Waals surface area (Å²) in [5, 5.41) is 0.440. The first-order valence-electron chi connectivity index (χ1n) is 7.45. The predicted octanol–water partition coefficient (Wildman–Crippen LogP) is 2.87. The lowest BCUT2D eigenvalue weighted by molar-refractivity contribution is 0.102. The van der Waals surface area contributed by atoms with Crippen molar-refractivity contribution >= 4 is 17.4 Å². The summed E-state index contributed by atoms with van der Waals surface area (Å²) in [6.07, 6.45) is 0. The van der Waals surface area contributed by atoms with Crippen LogP contribution in [-0.4, -0.2) is 15.3 Å². The highest BCUT2D eigenvalue weighted by Crippen LogP contribution is 2.21. The molecule has 1 N–H and O–H groups in total. The summed E-state index contributed by atoms with van der Waals surface area (Å²) in [6.45, 7) is 7.50. The van der Waals surface area contributed by atoms with E-state index in [2.05, 4.69) is 4.98 Å². The Kier molecular flexibility index (Phi) is 4.90. The summed E-state index contributed by atoms with van der Waals surface area (Å²) in [4.78, 5) is 39.5. The van der Waals surface area contributed by atoms with E-state index in [1.54, 1.807) is 25.1 Å². The molecule has 0 amide bonds. The fourth-order valence-corrected chi connectivity index (χ4v) is 2.96. The van der Waals surface area contributed by atoms with Gasteiger partial charge in [0, 0.05) is 22.7 Å². The second-order valence-electron chi connectivity index (χ2n) is 5.77. The van der Waals surface area contributed by atoms with Crippen LogP contribution in [0, 0.1) is 6.92 Å². The Morgan fingerprint density at radius 1 is 1.26 bits per heavy atom. The highest BCUT2D eigenvalue weighted by Gasteiger charge is 2.24. The van der Waals surface area contributed by atoms with Gasteiger partial charge in [0.2, 0.25) is 5.78 Å². The molecule has 0 bridgehead atoms. The Bertz CT molecular complexity index is 858. The topological polar surface area (TPSA) is 71.9 Å². The second kappa shape index (κ2) is 6.54. The number of aromatic nitrogens is 2. The number of benzene rings is 1. The van der Waals surface area contributed by atoms with Crippen molar-refractivity contribution in [2.24, 2.45) is 0 Å². The van der Waals surface area contributed by atoms with E-state index in [9.17, 15) is 14.4 Å². The molecule has 1 aromatic heterocycles. The van der Waals surface area contributed by atoms with E-state index in [0.29, 0.717) is 16.1 Å². The van der Waals surface area contributed by atoms with Crippen LogP contribution in [0.5, 0.6) is 0 Å². The molecule has 23 heavy (non-hydrogen) atoms. The fourth-order valence-electron chi connectivity index (χ4n) is 2.67. The Balaban J connectivity index is 2.82. The monoisotopic (exact) mass is 334 g/mol. The molecule has 0 saturated heterocycles. The molecule has 0 aliphatic carbocycles. The maximum absolute atomic E-state index is 13.0. The number of rotatable bonds is 4. The fraction of sp³-hybridized carbons (Fsp3) is 0.353. The molecule has 0 aliphatic heterocycles. The van der Waals surface area contributed by atoms with Crippen LogP contribution in [0.2, 0.25) is 5.02 Å². The summed E-state index contributed by atoms with van der Waals surface area (Å²) < 4.78 is 1.30. The molecule has 1 aromatic carbocycles. The SMILES string of the molecule is CCn1c(C(=O)c2cc(C)cc(Cl)c2)c(C(C)C)c(=O)[nH]c1=O. The molecule has 0 radical (unpaired) electrons. The number of aryl methyl sites for hydroxylation is 1. The molecular formula is C17H19ClN2O3. The Morgan fingerprint density at radius 3 is 2.43 bits per heavy atom. The minimum Gasteiger partial charge on any atom is -0.290 e. The number of aromatic amines is 1. The average Bonchev–Trinajstić information content (AvgIpc) is 2.44. The van der Waals surface area contributed by atoms with E-state index in [-0.39, 0.29) is 23.9 Å². The number of hydrogen-bond donors (Lipinski definition) is 1. The van der Waals surface area contributed by atoms with Crippen molar-refractivity contribution in [3.05, 3.63) is 66.4 Å². The van der Waals surface area contributed by atoms with Crippen LogP contribution in [0.4, 0.5) is 0 Å². The standard InChI is InChI=1S/C17H19ClN2O3/c1-5-20-14(13(9(2)3)16(22)19-17(20)23)15(21)11-6-10(4)7-12(18)8-11/h6-9H,5H2,1-4H3,(H,19,22,23). The van der Waals surface area contributed by atoms with E-state index in [4.69, 9.17) is 11.6 Å². The zero-order valence-electron chi connectivity index (χ0n) is 13.6. The third kappa shape index (κ3) is 3.29. The van der Waals surface area contributed by atoms with Gasteiger partial charge in [-0.1, -0.05) is 25.4 Å². The van der Waals surface area contributed by atoms with Gasteiger partial charge in [0.15, 0.2) is 0 Å². The van der Waals surface area contributed by atoms with Crippen LogP contribution in [-0.2, 0) is 6.54 Å². The Labute approximate surface area is 138 Å². The van der Waals surface area contributed by atoms with Gasteiger partial charge < -0.3 is 0 Å². The molecule has 2 aromatic rings. The molecular weight excluding hydrogens is 316 g/mol. The number of ketones is 1. The smallest absolute Gasteiger partial charge is 0.290 e. The van der Waals surface area contributed by atoms with Crippen molar-refractivity contribution in [3.63, 3.8) is 0 Å². The summed E-state index contributed by atoms with van der Waals surface area (Å²) in [5.41, 5.74) is 0.555. The van der Waals surface area contributed by atoms with Gasteiger partial charge in [0.1, 0.15) is 5.69 Å². The highest BCUT2D eigenvalue weighted by atomic mass is 35.5. The van der Waals surface area contributed by atoms with E-state index in [0.717, 1.165) is 5.56 Å². The van der Waals surface area contributed by atoms with Gasteiger partial charge >= 0.3 is 5.69 Å². The first-order valence-corrected chi connectivity index (χ1v) is 7.83. The normalized spacial score (nSPS) is 11.0. The summed E-state index contributed by atoms with van der Waals surface area (Å²) >= 11 is 6.03. The van der Waals surface area contributed by atoms with Crippen molar-refractivity contribution in [1.29, 1.82) is 0 Å². The minimum absolute atomic E-state index is 0.137. The second-order valence-corrected chi connectivity index (χ2v) is 6.20. The van der Waals surface area contributed by atoms with Crippen LogP contribution in [0.25, 0.3) is 0 Å². The van der Waals surface area contributed by atoms with Gasteiger partial charge in [-0.05, 0) is 43.5 Å². The van der Waals surface area contributed by atoms with Gasteiger partial charge in [0.25, 0.3) is 5.56 Å². The summed E-state index contributed by atoms with van der Waals surface area (Å²) in [5.74, 6) is -0.569. The van der Waals surface area contributed by atoms with Gasteiger partial charge in [-0.2, -0.15) is 0 Å². The van der Waals surface area contributed by atoms with Gasteiger partial charge in [-0.25, -0.2) is 4.79 Å². The molecule has 0 atom stereocenters. The number of carbonyl (C=O) groups excluding carboxylic acids is 1. The van der Waals surface area contributed by atoms with E-state index < -0.39 is 11.2 Å². The molecule has 0 aliphatic rings. The molecule has 1 heterocycles. The lowest BCUT2D eigenvalue weighted by atomic mass is 9.96. The molecule has 0 saturated carbocycles. The van der Waals surface area contributed by atoms with Crippen molar-refractivity contribution in [1.82, 2.24) is 9.55 Å². The first kappa shape index (κ1) is 17.2. The lowest BCUT2D eigenvalue weighted by Crippen LogP contribution is -2.37. The number of carbonyl (C=O) groups is 1. The highest BCUT2D eigenvalue weighted by molar-refractivity contribution is 6.31. The molecule has 5 nitrogen and oxygen atoms in total. The van der Waals surface area contributed by atoms with Crippen LogP contribution < -0.4 is 11.2 Å². The number of H-pyrrole nitrogens is 1. The Morgan fingerprint density at radius 2 is 1.91 bits per heavy atom. The number of nitrogens with one attached hydrogen (secondary N) is 1. The van der Waals surface area contributed by atoms with Crippen molar-refractivity contribution < 1.29 is 4.79 Å². The van der Waals surface area contributed by atoms with Crippen LogP contribution in [0.15, 0.2) is 27.8 Å². The molecule has 0 unspecified atom stereocenters. The minimum atomic E-state index is -0.580. The molecule has 0 spiro atoms. The maximum Gasteiger partial charge on any atom is 0.328 e. The quantitative estimate of drug-likeness (QED) is 0.874. The zero-order chi connectivity index (χ0) is 17.3. The average molecular weight is 335 g/mol. The summed E-state index contributed by atoms with van der Waals surface area (Å²) in [7, 11) is 0. The molecule has 0 fully saturated rings. The van der Waals surface area contributed by atoms with Crippen molar-refractivity contribution in [3.8, 4) is 0 Å². The van der Waals surface area contributed by atoms with Crippen molar-refractivity contribution in [2.75, 3.05) is 0 Å². The first-order chi connectivity index (χ1) is 10.8. The number of nitrogens with zero attached hydrogens (tertiary/aromatic N) is 1. The van der Waals surface area contributed by atoms with Gasteiger partial charge in [0.05, 0.1) is 0 Å². The summed E-state index contributed by atoms with van der Waals surface area (Å²) in [6, 6.07) is 4.99. The van der Waals surface area contributed by atoms with E-state index in [1.807, 2.05) is 20.8 Å². The number of hydrogen-bond acceptors (Lipinski definition) is 3. The third-order valence-electron chi connectivity index (χ3n) is 3.65. The Hall–Kier alpha value is -2.14. The predicted molar refractivity (Wildman–Crippen MR) is 90.7 cm³/mol. The van der Waals surface area contributed by atoms with Crippen LogP contribution in [0.3, 0.4) is 0 Å². The molecule has 2 rings (SSSR count). The third-order valence-corrected chi connectivity index (χ3v) is 3.87. The van der Waals surface area contributed by atoms with Crippen LogP contribution in [0.1, 0.15) is 53.9 Å². The van der Waals surface area contributed by atoms with E-state index >= 15 is 0 Å². The van der Waals surface area contributed by atoms with Crippen molar-refractivity contribution in [2.45, 2.75) is 40.2 Å². The number of halogens is 1. The largest absolute Gasteiger partial charge is 0.328 e.